The van der Waals surface area contributed by atoms with Crippen LogP contribution in [0.1, 0.15) is 48.5 Å². The fraction of sp³-hybridized carbons (Fsp3) is 0.277. The van der Waals surface area contributed by atoms with E-state index >= 15 is 0 Å². The lowest BCUT2D eigenvalue weighted by Gasteiger charge is -2.29. The first-order valence-electron chi connectivity index (χ1n) is 20.2. The molecule has 0 aliphatic rings. The third kappa shape index (κ3) is 12.0. The molecule has 0 saturated heterocycles. The predicted molar refractivity (Wildman–Crippen MR) is 263 cm³/mol. The number of hydrogen-bond acceptors (Lipinski definition) is 9. The van der Waals surface area contributed by atoms with Gasteiger partial charge >= 0.3 is 0 Å². The van der Waals surface area contributed by atoms with Crippen LogP contribution >= 0.6 is 58.0 Å². The molecule has 6 aromatic heterocycles. The zero-order valence-corrected chi connectivity index (χ0v) is 40.1. The molecule has 0 saturated carbocycles. The Bertz CT molecular complexity index is 2780. The number of rotatable bonds is 10. The normalized spacial score (nSPS) is 11.7. The molecule has 0 unspecified atom stereocenters. The lowest BCUT2D eigenvalue weighted by Crippen LogP contribution is -2.44. The van der Waals surface area contributed by atoms with Gasteiger partial charge in [-0.05, 0) is 104 Å². The van der Waals surface area contributed by atoms with E-state index < -0.39 is 0 Å². The van der Waals surface area contributed by atoms with Gasteiger partial charge in [0.15, 0.2) is 0 Å². The van der Waals surface area contributed by atoms with Crippen LogP contribution < -0.4 is 16.0 Å². The summed E-state index contributed by atoms with van der Waals surface area (Å²) in [5, 5.41) is 12.5. The molecule has 8 rings (SSSR count). The number of benzene rings is 2. The van der Waals surface area contributed by atoms with Crippen molar-refractivity contribution in [2.45, 2.75) is 60.0 Å². The van der Waals surface area contributed by atoms with Gasteiger partial charge < -0.3 is 16.0 Å². The van der Waals surface area contributed by atoms with Gasteiger partial charge in [-0.2, -0.15) is 0 Å². The summed E-state index contributed by atoms with van der Waals surface area (Å²) >= 11 is 31.1. The number of pyridine rings is 2. The molecule has 3 N–H and O–H groups in total. The van der Waals surface area contributed by atoms with Crippen molar-refractivity contribution in [3.63, 3.8) is 0 Å². The average Bonchev–Trinajstić information content (AvgIpc) is 3.95. The van der Waals surface area contributed by atoms with E-state index in [1.54, 1.807) is 66.0 Å². The molecule has 11 nitrogen and oxygen atoms in total. The minimum Gasteiger partial charge on any atom is -0.349 e. The van der Waals surface area contributed by atoms with Crippen LogP contribution in [0.15, 0.2) is 110 Å². The van der Waals surface area contributed by atoms with Crippen LogP contribution in [-0.4, -0.2) is 70.4 Å². The highest BCUT2D eigenvalue weighted by molar-refractivity contribution is 6.42. The fourth-order valence-electron chi connectivity index (χ4n) is 6.62. The molecule has 63 heavy (non-hydrogen) atoms. The lowest BCUT2D eigenvalue weighted by molar-refractivity contribution is 0.395. The minimum atomic E-state index is -0.241. The maximum Gasteiger partial charge on any atom is 0.209 e. The van der Waals surface area contributed by atoms with E-state index in [0.717, 1.165) is 57.8 Å². The Kier molecular flexibility index (Phi) is 15.7. The highest BCUT2D eigenvalue weighted by atomic mass is 35.5. The number of imidazole rings is 2. The molecule has 16 heteroatoms. The average molecular weight is 946 g/mol. The summed E-state index contributed by atoms with van der Waals surface area (Å²) in [7, 11) is 1.98. The molecule has 0 radical (unpaired) electrons. The monoisotopic (exact) mass is 943 g/mol. The first-order valence-corrected chi connectivity index (χ1v) is 22.1. The number of hydrogen-bond donors (Lipinski definition) is 3. The summed E-state index contributed by atoms with van der Waals surface area (Å²) in [5.74, 6) is 0.712. The summed E-state index contributed by atoms with van der Waals surface area (Å²) in [5.41, 5.74) is 8.45. The molecule has 8 aromatic rings. The quantitative estimate of drug-likeness (QED) is 0.115. The zero-order valence-electron chi connectivity index (χ0n) is 36.4. The second-order valence-corrected chi connectivity index (χ2v) is 18.8. The molecule has 0 aliphatic carbocycles. The number of halogens is 5. The first-order chi connectivity index (χ1) is 30.0. The standard InChI is InChI=1S/C24H26Cl2N6.C17H9Cl3N4.C6H15N/c1-15(2)29-14-24(3,4)31-23-30-21(16-7-9-27-10-8-16)20(22-28-11-12-32(22)23)17-5-6-18(25)19(26)13-17;18-12-2-1-11(9-13(12)19)14-15(10-3-5-21-6-4-10)23-17(20)24-8-7-22-16(14)24;1-6(2,3)5-7-4/h5-13,15,29H,14H2,1-4H3,(H,30,31);1-9H;7H,5H2,1-4H3. The summed E-state index contributed by atoms with van der Waals surface area (Å²) in [6.45, 7) is 17.1. The molecule has 328 valence electrons. The molecule has 0 atom stereocenters. The Morgan fingerprint density at radius 3 is 1.49 bits per heavy atom. The van der Waals surface area contributed by atoms with Crippen molar-refractivity contribution >= 4 is 75.2 Å². The van der Waals surface area contributed by atoms with E-state index in [4.69, 9.17) is 63.0 Å². The Balaban J connectivity index is 0.000000187. The number of fused-ring (bicyclic) bond motifs is 2. The molecular formula is C47H50Cl5N11. The first kappa shape index (κ1) is 47.6. The number of aromatic nitrogens is 8. The van der Waals surface area contributed by atoms with E-state index in [1.807, 2.05) is 60.1 Å². The van der Waals surface area contributed by atoms with Gasteiger partial charge in [0, 0.05) is 78.8 Å². The topological polar surface area (TPSA) is 122 Å². The molecule has 6 heterocycles. The second kappa shape index (κ2) is 20.8. The molecule has 0 amide bonds. The Hall–Kier alpha value is -4.85. The smallest absolute Gasteiger partial charge is 0.209 e. The van der Waals surface area contributed by atoms with Crippen LogP contribution in [0.2, 0.25) is 25.4 Å². The van der Waals surface area contributed by atoms with Gasteiger partial charge in [0.05, 0.1) is 42.6 Å². The molecule has 0 spiro atoms. The van der Waals surface area contributed by atoms with Gasteiger partial charge in [0.1, 0.15) is 11.3 Å². The molecule has 0 aliphatic heterocycles. The largest absolute Gasteiger partial charge is 0.349 e. The summed E-state index contributed by atoms with van der Waals surface area (Å²) in [4.78, 5) is 27.0. The van der Waals surface area contributed by atoms with Gasteiger partial charge in [-0.25, -0.2) is 19.9 Å². The Morgan fingerprint density at radius 2 is 1.05 bits per heavy atom. The highest BCUT2D eigenvalue weighted by Crippen LogP contribution is 2.39. The van der Waals surface area contributed by atoms with Gasteiger partial charge in [-0.3, -0.25) is 18.8 Å². The number of nitrogens with zero attached hydrogens (tertiary/aromatic N) is 8. The van der Waals surface area contributed by atoms with Crippen molar-refractivity contribution in [3.8, 4) is 44.8 Å². The van der Waals surface area contributed by atoms with Crippen molar-refractivity contribution in [3.05, 3.63) is 136 Å². The molecule has 2 aromatic carbocycles. The van der Waals surface area contributed by atoms with Crippen LogP contribution in [-0.2, 0) is 0 Å². The van der Waals surface area contributed by atoms with Crippen LogP contribution in [0.25, 0.3) is 56.1 Å². The van der Waals surface area contributed by atoms with Gasteiger partial charge in [-0.15, -0.1) is 0 Å². The second-order valence-electron chi connectivity index (χ2n) is 16.9. The number of anilines is 1. The molecule has 0 fully saturated rings. The van der Waals surface area contributed by atoms with E-state index in [0.29, 0.717) is 54.1 Å². The van der Waals surface area contributed by atoms with Crippen LogP contribution in [0.3, 0.4) is 0 Å². The minimum absolute atomic E-state index is 0.241. The van der Waals surface area contributed by atoms with E-state index in [1.165, 1.54) is 0 Å². The third-order valence-corrected chi connectivity index (χ3v) is 11.2. The summed E-state index contributed by atoms with van der Waals surface area (Å²) in [6, 6.07) is 19.0. The summed E-state index contributed by atoms with van der Waals surface area (Å²) in [6.07, 6.45) is 14.1. The van der Waals surface area contributed by atoms with E-state index in [-0.39, 0.29) is 5.54 Å². The number of nitrogens with one attached hydrogen (secondary N) is 3. The van der Waals surface area contributed by atoms with Crippen LogP contribution in [0.4, 0.5) is 5.95 Å². The zero-order chi connectivity index (χ0) is 45.5. The van der Waals surface area contributed by atoms with E-state index in [9.17, 15) is 0 Å². The maximum absolute atomic E-state index is 6.36. The van der Waals surface area contributed by atoms with Crippen molar-refractivity contribution in [1.82, 2.24) is 49.3 Å². The van der Waals surface area contributed by atoms with Gasteiger partial charge in [0.25, 0.3) is 0 Å². The van der Waals surface area contributed by atoms with Crippen molar-refractivity contribution < 1.29 is 0 Å². The molecule has 0 bridgehead atoms. The van der Waals surface area contributed by atoms with Crippen molar-refractivity contribution in [2.75, 3.05) is 25.5 Å². The maximum atomic E-state index is 6.36. The predicted octanol–water partition coefficient (Wildman–Crippen LogP) is 12.6. The van der Waals surface area contributed by atoms with Crippen molar-refractivity contribution in [2.24, 2.45) is 5.41 Å². The summed E-state index contributed by atoms with van der Waals surface area (Å²) < 4.78 is 3.70. The van der Waals surface area contributed by atoms with Gasteiger partial charge in [0.2, 0.25) is 11.2 Å². The van der Waals surface area contributed by atoms with Crippen molar-refractivity contribution in [1.29, 1.82) is 0 Å². The SMILES string of the molecule is CC(C)NCC(C)(C)Nc1nc(-c2ccncc2)c(-c2ccc(Cl)c(Cl)c2)c2nccn12.CNCC(C)(C)C.Clc1ccc(-c2c(-c3ccncc3)nc(Cl)n3ccnc23)cc1Cl. The Morgan fingerprint density at radius 1 is 0.571 bits per heavy atom. The third-order valence-electron chi connectivity index (χ3n) is 9.48. The van der Waals surface area contributed by atoms with Gasteiger partial charge in [-0.1, -0.05) is 93.2 Å². The lowest BCUT2D eigenvalue weighted by atomic mass is 9.97. The van der Waals surface area contributed by atoms with Crippen LogP contribution in [0, 0.1) is 5.41 Å². The molecular weight excluding hydrogens is 896 g/mol. The van der Waals surface area contributed by atoms with E-state index in [2.05, 4.69) is 89.3 Å². The van der Waals surface area contributed by atoms with Crippen LogP contribution in [0.5, 0.6) is 0 Å². The highest BCUT2D eigenvalue weighted by Gasteiger charge is 2.24. The fourth-order valence-corrected chi connectivity index (χ4v) is 7.44. The Labute approximate surface area is 393 Å².